The highest BCUT2D eigenvalue weighted by atomic mass is 14.2. The highest BCUT2D eigenvalue weighted by molar-refractivity contribution is 6.24. The molecule has 1 aliphatic rings. The fourth-order valence-electron chi connectivity index (χ4n) is 8.14. The molecule has 0 aromatic heterocycles. The molecule has 0 nitrogen and oxygen atoms in total. The summed E-state index contributed by atoms with van der Waals surface area (Å²) in [4.78, 5) is 0. The molecule has 0 heterocycles. The Kier molecular flexibility index (Phi) is 6.11. The van der Waals surface area contributed by atoms with Gasteiger partial charge in [0.1, 0.15) is 0 Å². The summed E-state index contributed by atoms with van der Waals surface area (Å²) in [7, 11) is 0. The summed E-state index contributed by atoms with van der Waals surface area (Å²) >= 11 is 0. The lowest BCUT2D eigenvalue weighted by atomic mass is 9.85. The van der Waals surface area contributed by atoms with Crippen LogP contribution in [0.15, 0.2) is 164 Å². The minimum absolute atomic E-state index is 1.05. The fraction of sp³-hybridized carbons (Fsp3) is 0.0417. The molecule has 0 spiro atoms. The summed E-state index contributed by atoms with van der Waals surface area (Å²) in [6.45, 7) is 0. The zero-order valence-electron chi connectivity index (χ0n) is 26.6. The Morgan fingerprint density at radius 2 is 0.875 bits per heavy atom. The lowest BCUT2D eigenvalue weighted by Crippen LogP contribution is -2.29. The predicted octanol–water partition coefficient (Wildman–Crippen LogP) is 11.6. The molecule has 0 atom stereocenters. The van der Waals surface area contributed by atoms with Gasteiger partial charge in [-0.2, -0.15) is 0 Å². The Balaban J connectivity index is 1.32. The Morgan fingerprint density at radius 1 is 0.333 bits per heavy atom. The highest BCUT2D eigenvalue weighted by Gasteiger charge is 2.17. The van der Waals surface area contributed by atoms with E-state index < -0.39 is 0 Å². The molecule has 0 saturated heterocycles. The topological polar surface area (TPSA) is 0 Å². The second-order valence-electron chi connectivity index (χ2n) is 13.2. The summed E-state index contributed by atoms with van der Waals surface area (Å²) in [6, 6.07) is 61.1. The van der Waals surface area contributed by atoms with Crippen molar-refractivity contribution in [3.8, 4) is 22.3 Å². The monoisotopic (exact) mass is 608 g/mol. The summed E-state index contributed by atoms with van der Waals surface area (Å²) in [5.41, 5.74) is 7.82. The number of fused-ring (bicyclic) bond motifs is 8. The van der Waals surface area contributed by atoms with Crippen molar-refractivity contribution in [3.63, 3.8) is 0 Å². The van der Waals surface area contributed by atoms with Gasteiger partial charge in [0.05, 0.1) is 0 Å². The first-order chi connectivity index (χ1) is 23.8. The standard InChI is InChI=1S/C48H32/c1-3-13-34-26-36(22-20-31(34)10-1)44-29-48-43-25-24-38(40-19-9-15-33-12-5-6-16-39(33)40)28-46(43)45(30-47(48)42-18-8-7-17-41(42)44)37-23-21-32-11-2-4-14-35(32)27-37/h1-8,10-18,20-30H,9,19H2. The van der Waals surface area contributed by atoms with Crippen molar-refractivity contribution in [3.05, 3.63) is 180 Å². The van der Waals surface area contributed by atoms with Crippen molar-refractivity contribution in [2.24, 2.45) is 0 Å². The van der Waals surface area contributed by atoms with Crippen molar-refractivity contribution >= 4 is 65.5 Å². The Labute approximate surface area is 279 Å². The quantitative estimate of drug-likeness (QED) is 0.175. The SMILES string of the molecule is C1=c2ccccc2=C(c2ccc3c(c2)c(-c2ccc4ccccc4c2)cc2c4ccccc4c(-c4ccc5ccccc5c4)cc32)CC1. The van der Waals surface area contributed by atoms with Crippen LogP contribution in [0.3, 0.4) is 0 Å². The molecule has 1 aliphatic carbocycles. The molecule has 0 fully saturated rings. The normalized spacial score (nSPS) is 13.0. The van der Waals surface area contributed by atoms with E-state index in [0.29, 0.717) is 0 Å². The van der Waals surface area contributed by atoms with E-state index in [-0.39, 0.29) is 0 Å². The van der Waals surface area contributed by atoms with Crippen LogP contribution in [0, 0.1) is 0 Å². The van der Waals surface area contributed by atoms with E-state index in [4.69, 9.17) is 0 Å². The molecular formula is C48H32. The zero-order valence-corrected chi connectivity index (χ0v) is 26.6. The molecule has 0 heteroatoms. The molecule has 0 radical (unpaired) electrons. The van der Waals surface area contributed by atoms with Crippen molar-refractivity contribution in [2.75, 3.05) is 0 Å². The van der Waals surface area contributed by atoms with Gasteiger partial charge in [0, 0.05) is 0 Å². The summed E-state index contributed by atoms with van der Waals surface area (Å²) in [5.74, 6) is 0. The van der Waals surface area contributed by atoms with Crippen LogP contribution in [0.5, 0.6) is 0 Å². The van der Waals surface area contributed by atoms with E-state index in [0.717, 1.165) is 12.8 Å². The first-order valence-corrected chi connectivity index (χ1v) is 17.0. The summed E-state index contributed by atoms with van der Waals surface area (Å²) in [6.07, 6.45) is 4.51. The maximum Gasteiger partial charge on any atom is -0.00923 e. The van der Waals surface area contributed by atoms with Gasteiger partial charge in [-0.25, -0.2) is 0 Å². The van der Waals surface area contributed by atoms with Gasteiger partial charge in [-0.15, -0.1) is 0 Å². The van der Waals surface area contributed by atoms with Crippen LogP contribution in [0.25, 0.3) is 87.8 Å². The van der Waals surface area contributed by atoms with Gasteiger partial charge in [0.15, 0.2) is 0 Å². The third kappa shape index (κ3) is 4.30. The molecule has 0 amide bonds. The Bertz CT molecular complexity index is 2890. The van der Waals surface area contributed by atoms with Gasteiger partial charge < -0.3 is 0 Å². The van der Waals surface area contributed by atoms with Gasteiger partial charge in [-0.1, -0.05) is 140 Å². The summed E-state index contributed by atoms with van der Waals surface area (Å²) < 4.78 is 0. The molecule has 10 rings (SSSR count). The third-order valence-electron chi connectivity index (χ3n) is 10.5. The largest absolute Gasteiger partial charge is 0.0763 e. The smallest absolute Gasteiger partial charge is 0.00923 e. The molecule has 224 valence electrons. The third-order valence-corrected chi connectivity index (χ3v) is 10.5. The first-order valence-electron chi connectivity index (χ1n) is 17.0. The zero-order chi connectivity index (χ0) is 31.6. The average molecular weight is 609 g/mol. The fourth-order valence-corrected chi connectivity index (χ4v) is 8.14. The van der Waals surface area contributed by atoms with Gasteiger partial charge in [0.25, 0.3) is 0 Å². The Morgan fingerprint density at radius 3 is 1.58 bits per heavy atom. The van der Waals surface area contributed by atoms with E-state index in [1.54, 1.807) is 0 Å². The van der Waals surface area contributed by atoms with Crippen molar-refractivity contribution in [1.29, 1.82) is 0 Å². The van der Waals surface area contributed by atoms with Crippen LogP contribution in [-0.2, 0) is 0 Å². The summed E-state index contributed by atoms with van der Waals surface area (Å²) in [5, 5.41) is 15.5. The van der Waals surface area contributed by atoms with E-state index in [9.17, 15) is 0 Å². The molecule has 9 aromatic carbocycles. The minimum atomic E-state index is 1.05. The second-order valence-corrected chi connectivity index (χ2v) is 13.2. The first kappa shape index (κ1) is 27.2. The number of hydrogen-bond donors (Lipinski definition) is 0. The van der Waals surface area contributed by atoms with E-state index >= 15 is 0 Å². The van der Waals surface area contributed by atoms with Gasteiger partial charge >= 0.3 is 0 Å². The average Bonchev–Trinajstić information content (AvgIpc) is 3.16. The lowest BCUT2D eigenvalue weighted by molar-refractivity contribution is 1.08. The molecule has 0 unspecified atom stereocenters. The van der Waals surface area contributed by atoms with Crippen LogP contribution in [0.4, 0.5) is 0 Å². The number of rotatable bonds is 3. The van der Waals surface area contributed by atoms with E-state index in [1.807, 2.05) is 0 Å². The molecule has 0 N–H and O–H groups in total. The van der Waals surface area contributed by atoms with Crippen molar-refractivity contribution in [2.45, 2.75) is 12.8 Å². The molecule has 0 aliphatic heterocycles. The lowest BCUT2D eigenvalue weighted by Gasteiger charge is -2.18. The van der Waals surface area contributed by atoms with Crippen molar-refractivity contribution < 1.29 is 0 Å². The molecule has 9 aromatic rings. The highest BCUT2D eigenvalue weighted by Crippen LogP contribution is 2.43. The second kappa shape index (κ2) is 10.8. The number of hydrogen-bond acceptors (Lipinski definition) is 0. The van der Waals surface area contributed by atoms with Crippen LogP contribution >= 0.6 is 0 Å². The molecule has 0 saturated carbocycles. The Hall–Kier alpha value is -5.98. The van der Waals surface area contributed by atoms with Crippen LogP contribution in [0.1, 0.15) is 18.4 Å². The molecule has 48 heavy (non-hydrogen) atoms. The maximum absolute atomic E-state index is 2.47. The van der Waals surface area contributed by atoms with Crippen molar-refractivity contribution in [1.82, 2.24) is 0 Å². The molecule has 0 bridgehead atoms. The van der Waals surface area contributed by atoms with Gasteiger partial charge in [-0.3, -0.25) is 0 Å². The molecular weight excluding hydrogens is 577 g/mol. The van der Waals surface area contributed by atoms with Crippen LogP contribution < -0.4 is 10.4 Å². The van der Waals surface area contributed by atoms with Crippen LogP contribution in [-0.4, -0.2) is 0 Å². The van der Waals surface area contributed by atoms with Gasteiger partial charge in [-0.05, 0) is 141 Å². The van der Waals surface area contributed by atoms with E-state index in [2.05, 4.69) is 170 Å². The maximum atomic E-state index is 2.47. The minimum Gasteiger partial charge on any atom is -0.0763 e. The predicted molar refractivity (Wildman–Crippen MR) is 207 cm³/mol. The van der Waals surface area contributed by atoms with Gasteiger partial charge in [0.2, 0.25) is 0 Å². The van der Waals surface area contributed by atoms with E-state index in [1.165, 1.54) is 97.7 Å². The van der Waals surface area contributed by atoms with Crippen LogP contribution in [0.2, 0.25) is 0 Å². The number of benzene rings is 9.